The molecule has 1 aliphatic rings. The van der Waals surface area contributed by atoms with Gasteiger partial charge in [0.2, 0.25) is 5.91 Å². The second kappa shape index (κ2) is 12.1. The van der Waals surface area contributed by atoms with Gasteiger partial charge < -0.3 is 19.1 Å². The summed E-state index contributed by atoms with van der Waals surface area (Å²) in [6, 6.07) is 0. The van der Waals surface area contributed by atoms with Crippen LogP contribution in [0.25, 0.3) is 0 Å². The first-order chi connectivity index (χ1) is 11.5. The maximum atomic E-state index is 12.2. The first-order valence-corrected chi connectivity index (χ1v) is 10.1. The van der Waals surface area contributed by atoms with Crippen molar-refractivity contribution in [3.63, 3.8) is 0 Å². The monoisotopic (exact) mass is 361 g/mol. The summed E-state index contributed by atoms with van der Waals surface area (Å²) in [5.74, 6) is 2.73. The Morgan fingerprint density at radius 1 is 1.08 bits per heavy atom. The van der Waals surface area contributed by atoms with Gasteiger partial charge in [-0.3, -0.25) is 4.79 Å². The molecule has 24 heavy (non-hydrogen) atoms. The van der Waals surface area contributed by atoms with E-state index >= 15 is 0 Å². The van der Waals surface area contributed by atoms with Gasteiger partial charge in [0.15, 0.2) is 0 Å². The number of carbonyl (C=O) groups excluding carboxylic acids is 1. The van der Waals surface area contributed by atoms with Crippen molar-refractivity contribution < 1.29 is 19.0 Å². The van der Waals surface area contributed by atoms with Gasteiger partial charge in [-0.05, 0) is 38.9 Å². The zero-order chi connectivity index (χ0) is 17.8. The molecule has 5 nitrogen and oxygen atoms in total. The number of amides is 1. The zero-order valence-electron chi connectivity index (χ0n) is 15.8. The van der Waals surface area contributed by atoms with Gasteiger partial charge in [-0.15, -0.1) is 0 Å². The molecule has 0 bridgehead atoms. The molecule has 0 N–H and O–H groups in total. The molecule has 0 saturated carbocycles. The van der Waals surface area contributed by atoms with E-state index in [4.69, 9.17) is 14.2 Å². The Bertz CT molecular complexity index is 352. The van der Waals surface area contributed by atoms with Crippen molar-refractivity contribution in [3.8, 4) is 0 Å². The number of methoxy groups -OCH3 is 1. The number of rotatable bonds is 14. The van der Waals surface area contributed by atoms with E-state index in [1.54, 1.807) is 7.11 Å². The maximum Gasteiger partial charge on any atom is 0.225 e. The summed E-state index contributed by atoms with van der Waals surface area (Å²) in [6.07, 6.45) is 4.35. The van der Waals surface area contributed by atoms with Crippen molar-refractivity contribution in [2.24, 2.45) is 5.92 Å². The van der Waals surface area contributed by atoms with Crippen LogP contribution in [0.1, 0.15) is 39.5 Å². The van der Waals surface area contributed by atoms with E-state index in [0.717, 1.165) is 37.4 Å². The van der Waals surface area contributed by atoms with Crippen LogP contribution in [0, 0.1) is 5.92 Å². The van der Waals surface area contributed by atoms with Crippen LogP contribution in [0.5, 0.6) is 0 Å². The predicted molar refractivity (Wildman–Crippen MR) is 99.6 cm³/mol. The Hall–Kier alpha value is -0.300. The van der Waals surface area contributed by atoms with Crippen LogP contribution in [-0.4, -0.2) is 75.0 Å². The Morgan fingerprint density at radius 2 is 1.75 bits per heavy atom. The van der Waals surface area contributed by atoms with Crippen LogP contribution >= 0.6 is 11.8 Å². The van der Waals surface area contributed by atoms with Gasteiger partial charge in [0, 0.05) is 31.4 Å². The minimum atomic E-state index is 0.0289. The molecule has 0 aromatic rings. The van der Waals surface area contributed by atoms with Gasteiger partial charge in [0.25, 0.3) is 0 Å². The van der Waals surface area contributed by atoms with Crippen LogP contribution in [0.4, 0.5) is 0 Å². The third-order valence-electron chi connectivity index (χ3n) is 4.60. The van der Waals surface area contributed by atoms with E-state index in [9.17, 15) is 4.79 Å². The Morgan fingerprint density at radius 3 is 2.38 bits per heavy atom. The number of nitrogens with zero attached hydrogens (tertiary/aromatic N) is 1. The van der Waals surface area contributed by atoms with Gasteiger partial charge in [-0.1, -0.05) is 6.42 Å². The molecule has 1 rings (SSSR count). The minimum Gasteiger partial charge on any atom is -0.382 e. The van der Waals surface area contributed by atoms with E-state index in [2.05, 4.69) is 13.8 Å². The molecule has 0 aromatic carbocycles. The summed E-state index contributed by atoms with van der Waals surface area (Å²) in [6.45, 7) is 7.64. The van der Waals surface area contributed by atoms with Crippen LogP contribution in [0.2, 0.25) is 0 Å². The lowest BCUT2D eigenvalue weighted by Crippen LogP contribution is -2.37. The lowest BCUT2D eigenvalue weighted by atomic mass is 9.93. The standard InChI is InChI=1S/C18H35NO4S/c1-18(2)15-16(17(20)19(18)3)7-5-6-13-24-14-12-23-11-10-22-9-8-21-4/h16H,5-15H2,1-4H3. The summed E-state index contributed by atoms with van der Waals surface area (Å²) in [5, 5.41) is 0. The third kappa shape index (κ3) is 8.19. The van der Waals surface area contributed by atoms with Gasteiger partial charge in [0.05, 0.1) is 33.0 Å². The van der Waals surface area contributed by atoms with Crippen molar-refractivity contribution in [1.82, 2.24) is 4.90 Å². The smallest absolute Gasteiger partial charge is 0.225 e. The van der Waals surface area contributed by atoms with Crippen LogP contribution in [0.15, 0.2) is 0 Å². The minimum absolute atomic E-state index is 0.0289. The Kier molecular flexibility index (Phi) is 11.0. The van der Waals surface area contributed by atoms with Crippen molar-refractivity contribution >= 4 is 17.7 Å². The van der Waals surface area contributed by atoms with Crippen molar-refractivity contribution in [3.05, 3.63) is 0 Å². The largest absolute Gasteiger partial charge is 0.382 e. The molecule has 1 unspecified atom stereocenters. The van der Waals surface area contributed by atoms with E-state index in [0.29, 0.717) is 32.3 Å². The lowest BCUT2D eigenvalue weighted by molar-refractivity contribution is -0.132. The Labute approximate surface area is 151 Å². The van der Waals surface area contributed by atoms with Gasteiger partial charge in [-0.25, -0.2) is 0 Å². The molecule has 6 heteroatoms. The van der Waals surface area contributed by atoms with E-state index in [-0.39, 0.29) is 11.5 Å². The maximum absolute atomic E-state index is 12.2. The summed E-state index contributed by atoms with van der Waals surface area (Å²) < 4.78 is 15.7. The molecule has 1 aliphatic heterocycles. The molecular formula is C18H35NO4S. The summed E-state index contributed by atoms with van der Waals surface area (Å²) in [7, 11) is 3.60. The second-order valence-electron chi connectivity index (χ2n) is 6.94. The number of likely N-dealkylation sites (tertiary alicyclic amines) is 1. The molecule has 0 aromatic heterocycles. The molecule has 0 radical (unpaired) electrons. The molecule has 0 aliphatic carbocycles. The molecule has 1 amide bonds. The van der Waals surface area contributed by atoms with E-state index in [1.165, 1.54) is 6.42 Å². The Balaban J connectivity index is 1.87. The third-order valence-corrected chi connectivity index (χ3v) is 5.63. The number of unbranched alkanes of at least 4 members (excludes halogenated alkanes) is 1. The van der Waals surface area contributed by atoms with Gasteiger partial charge in [0.1, 0.15) is 0 Å². The van der Waals surface area contributed by atoms with Gasteiger partial charge >= 0.3 is 0 Å². The first kappa shape index (κ1) is 21.7. The average Bonchev–Trinajstić information content (AvgIpc) is 2.75. The fourth-order valence-corrected chi connectivity index (χ4v) is 3.75. The lowest BCUT2D eigenvalue weighted by Gasteiger charge is -2.27. The summed E-state index contributed by atoms with van der Waals surface area (Å²) in [4.78, 5) is 14.1. The summed E-state index contributed by atoms with van der Waals surface area (Å²) >= 11 is 1.93. The molecule has 142 valence electrons. The van der Waals surface area contributed by atoms with Crippen molar-refractivity contribution in [1.29, 1.82) is 0 Å². The highest BCUT2D eigenvalue weighted by molar-refractivity contribution is 7.99. The number of ether oxygens (including phenoxy) is 3. The number of hydrogen-bond acceptors (Lipinski definition) is 5. The second-order valence-corrected chi connectivity index (χ2v) is 8.16. The fraction of sp³-hybridized carbons (Fsp3) is 0.944. The first-order valence-electron chi connectivity index (χ1n) is 8.99. The van der Waals surface area contributed by atoms with Crippen LogP contribution in [0.3, 0.4) is 0 Å². The topological polar surface area (TPSA) is 48.0 Å². The number of carbonyl (C=O) groups is 1. The highest BCUT2D eigenvalue weighted by Crippen LogP contribution is 2.34. The van der Waals surface area contributed by atoms with E-state index < -0.39 is 0 Å². The predicted octanol–water partition coefficient (Wildman–Crippen LogP) is 2.83. The normalized spacial score (nSPS) is 20.1. The zero-order valence-corrected chi connectivity index (χ0v) is 16.7. The van der Waals surface area contributed by atoms with Crippen molar-refractivity contribution in [2.45, 2.75) is 45.1 Å². The quantitative estimate of drug-likeness (QED) is 0.445. The molecule has 1 heterocycles. The summed E-state index contributed by atoms with van der Waals surface area (Å²) in [5.41, 5.74) is 0.0289. The number of thioether (sulfide) groups is 1. The van der Waals surface area contributed by atoms with Gasteiger partial charge in [-0.2, -0.15) is 11.8 Å². The number of hydrogen-bond donors (Lipinski definition) is 0. The molecule has 1 atom stereocenters. The molecule has 1 saturated heterocycles. The fourth-order valence-electron chi connectivity index (χ4n) is 2.90. The van der Waals surface area contributed by atoms with Crippen LogP contribution in [-0.2, 0) is 19.0 Å². The average molecular weight is 362 g/mol. The highest BCUT2D eigenvalue weighted by atomic mass is 32.2. The van der Waals surface area contributed by atoms with Crippen molar-refractivity contribution in [2.75, 3.05) is 58.7 Å². The van der Waals surface area contributed by atoms with E-state index in [1.807, 2.05) is 23.7 Å². The van der Waals surface area contributed by atoms with Crippen LogP contribution < -0.4 is 0 Å². The molecule has 1 fully saturated rings. The SMILES string of the molecule is COCCOCCOCCSCCCCC1CC(C)(C)N(C)C1=O. The molecular weight excluding hydrogens is 326 g/mol. The highest BCUT2D eigenvalue weighted by Gasteiger charge is 2.41. The molecule has 0 spiro atoms.